The standard InChI is InChI=1S/C19H29FN4O/c1-4-19(5-2,9-10-25)14-24-18(22-6-3)23-13-16-8-7-15(12-21)11-17(16)20/h7-8,11,25H,4-6,9-10,13-14H2,1-3H3,(H2,22,23,24). The minimum absolute atomic E-state index is 0.0185. The number of nitriles is 1. The normalized spacial score (nSPS) is 11.9. The van der Waals surface area contributed by atoms with Crippen molar-refractivity contribution in [3.63, 3.8) is 0 Å². The summed E-state index contributed by atoms with van der Waals surface area (Å²) in [5.41, 5.74) is 0.767. The quantitative estimate of drug-likeness (QED) is 0.473. The molecular formula is C19H29FN4O. The Morgan fingerprint density at radius 1 is 1.28 bits per heavy atom. The summed E-state index contributed by atoms with van der Waals surface area (Å²) in [4.78, 5) is 4.44. The molecule has 6 heteroatoms. The molecule has 0 aliphatic carbocycles. The zero-order chi connectivity index (χ0) is 18.7. The van der Waals surface area contributed by atoms with E-state index in [1.54, 1.807) is 12.1 Å². The van der Waals surface area contributed by atoms with E-state index in [1.165, 1.54) is 6.07 Å². The molecule has 0 heterocycles. The first-order chi connectivity index (χ1) is 12.0. The average molecular weight is 348 g/mol. The molecule has 1 aromatic carbocycles. The summed E-state index contributed by atoms with van der Waals surface area (Å²) < 4.78 is 14.0. The Hall–Kier alpha value is -2.13. The van der Waals surface area contributed by atoms with Crippen molar-refractivity contribution in [2.24, 2.45) is 10.4 Å². The molecule has 0 aliphatic rings. The van der Waals surface area contributed by atoms with Crippen LogP contribution in [0.1, 0.15) is 51.2 Å². The van der Waals surface area contributed by atoms with E-state index in [1.807, 2.05) is 13.0 Å². The number of nitrogens with zero attached hydrogens (tertiary/aromatic N) is 2. The van der Waals surface area contributed by atoms with Crippen molar-refractivity contribution in [2.45, 2.75) is 46.6 Å². The number of benzene rings is 1. The molecule has 0 aromatic heterocycles. The fraction of sp³-hybridized carbons (Fsp3) is 0.579. The maximum Gasteiger partial charge on any atom is 0.191 e. The number of rotatable bonds is 9. The van der Waals surface area contributed by atoms with Crippen LogP contribution in [-0.4, -0.2) is 30.8 Å². The van der Waals surface area contributed by atoms with Crippen LogP contribution in [-0.2, 0) is 6.54 Å². The van der Waals surface area contributed by atoms with Gasteiger partial charge in [-0.15, -0.1) is 0 Å². The molecule has 0 aliphatic heterocycles. The maximum absolute atomic E-state index is 14.0. The van der Waals surface area contributed by atoms with E-state index < -0.39 is 5.82 Å². The SMILES string of the molecule is CCNC(=NCc1ccc(C#N)cc1F)NCC(CC)(CC)CCO. The van der Waals surface area contributed by atoms with Crippen molar-refractivity contribution < 1.29 is 9.50 Å². The Labute approximate surface area is 150 Å². The molecule has 5 nitrogen and oxygen atoms in total. The molecule has 138 valence electrons. The molecular weight excluding hydrogens is 319 g/mol. The Kier molecular flexibility index (Phi) is 8.93. The van der Waals surface area contributed by atoms with Crippen LogP contribution < -0.4 is 10.6 Å². The van der Waals surface area contributed by atoms with Gasteiger partial charge in [0.2, 0.25) is 0 Å². The van der Waals surface area contributed by atoms with Gasteiger partial charge in [-0.25, -0.2) is 9.38 Å². The highest BCUT2D eigenvalue weighted by Crippen LogP contribution is 2.29. The van der Waals surface area contributed by atoms with Crippen molar-refractivity contribution in [3.05, 3.63) is 35.1 Å². The summed E-state index contributed by atoms with van der Waals surface area (Å²) in [5, 5.41) is 24.6. The van der Waals surface area contributed by atoms with Crippen molar-refractivity contribution >= 4 is 5.96 Å². The van der Waals surface area contributed by atoms with Crippen LogP contribution in [0.15, 0.2) is 23.2 Å². The van der Waals surface area contributed by atoms with E-state index in [-0.39, 0.29) is 18.6 Å². The predicted octanol–water partition coefficient (Wildman–Crippen LogP) is 2.94. The molecule has 0 saturated heterocycles. The molecule has 0 bridgehead atoms. The minimum atomic E-state index is -0.421. The van der Waals surface area contributed by atoms with E-state index in [0.29, 0.717) is 30.2 Å². The van der Waals surface area contributed by atoms with Gasteiger partial charge >= 0.3 is 0 Å². The topological polar surface area (TPSA) is 80.4 Å². The number of aliphatic imine (C=N–C) groups is 1. The molecule has 3 N–H and O–H groups in total. The molecule has 0 radical (unpaired) electrons. The minimum Gasteiger partial charge on any atom is -0.396 e. The summed E-state index contributed by atoms with van der Waals surface area (Å²) in [6, 6.07) is 6.33. The van der Waals surface area contributed by atoms with Gasteiger partial charge in [-0.2, -0.15) is 5.26 Å². The number of halogens is 1. The van der Waals surface area contributed by atoms with Crippen LogP contribution in [0.5, 0.6) is 0 Å². The lowest BCUT2D eigenvalue weighted by Crippen LogP contribution is -2.43. The Morgan fingerprint density at radius 2 is 2.00 bits per heavy atom. The fourth-order valence-electron chi connectivity index (χ4n) is 2.70. The van der Waals surface area contributed by atoms with E-state index >= 15 is 0 Å². The molecule has 0 saturated carbocycles. The van der Waals surface area contributed by atoms with E-state index in [9.17, 15) is 9.50 Å². The largest absolute Gasteiger partial charge is 0.396 e. The molecule has 0 atom stereocenters. The van der Waals surface area contributed by atoms with Gasteiger partial charge in [0, 0.05) is 25.3 Å². The van der Waals surface area contributed by atoms with Gasteiger partial charge in [0.15, 0.2) is 5.96 Å². The van der Waals surface area contributed by atoms with Crippen molar-refractivity contribution in [2.75, 3.05) is 19.7 Å². The number of nitrogens with one attached hydrogen (secondary N) is 2. The first-order valence-corrected chi connectivity index (χ1v) is 8.85. The van der Waals surface area contributed by atoms with Crippen LogP contribution in [0.25, 0.3) is 0 Å². The lowest BCUT2D eigenvalue weighted by molar-refractivity contribution is 0.169. The molecule has 0 amide bonds. The van der Waals surface area contributed by atoms with E-state index in [2.05, 4.69) is 29.5 Å². The number of hydrogen-bond donors (Lipinski definition) is 3. The summed E-state index contributed by atoms with van der Waals surface area (Å²) in [6.07, 6.45) is 2.65. The smallest absolute Gasteiger partial charge is 0.191 e. The number of guanidine groups is 1. The van der Waals surface area contributed by atoms with Crippen molar-refractivity contribution in [1.82, 2.24) is 10.6 Å². The van der Waals surface area contributed by atoms with Gasteiger partial charge in [0.05, 0.1) is 18.2 Å². The van der Waals surface area contributed by atoms with Gasteiger partial charge < -0.3 is 15.7 Å². The summed E-state index contributed by atoms with van der Waals surface area (Å²) >= 11 is 0. The highest BCUT2D eigenvalue weighted by molar-refractivity contribution is 5.79. The second-order valence-corrected chi connectivity index (χ2v) is 6.15. The predicted molar refractivity (Wildman–Crippen MR) is 98.7 cm³/mol. The van der Waals surface area contributed by atoms with E-state index in [0.717, 1.165) is 19.3 Å². The molecule has 1 aromatic rings. The lowest BCUT2D eigenvalue weighted by atomic mass is 9.79. The monoisotopic (exact) mass is 348 g/mol. The maximum atomic E-state index is 14.0. The van der Waals surface area contributed by atoms with Crippen LogP contribution in [0.3, 0.4) is 0 Å². The van der Waals surface area contributed by atoms with Crippen molar-refractivity contribution in [1.29, 1.82) is 5.26 Å². The highest BCUT2D eigenvalue weighted by Gasteiger charge is 2.25. The number of hydrogen-bond acceptors (Lipinski definition) is 3. The van der Waals surface area contributed by atoms with Crippen LogP contribution >= 0.6 is 0 Å². The third kappa shape index (κ3) is 6.35. The number of aliphatic hydroxyl groups excluding tert-OH is 1. The first-order valence-electron chi connectivity index (χ1n) is 8.85. The third-order valence-electron chi connectivity index (χ3n) is 4.71. The summed E-state index contributed by atoms with van der Waals surface area (Å²) in [6.45, 7) is 7.97. The molecule has 0 spiro atoms. The molecule has 25 heavy (non-hydrogen) atoms. The van der Waals surface area contributed by atoms with E-state index in [4.69, 9.17) is 5.26 Å². The molecule has 1 rings (SSSR count). The Bertz CT molecular complexity index is 606. The van der Waals surface area contributed by atoms with Gasteiger partial charge in [0.25, 0.3) is 0 Å². The lowest BCUT2D eigenvalue weighted by Gasteiger charge is -2.32. The third-order valence-corrected chi connectivity index (χ3v) is 4.71. The van der Waals surface area contributed by atoms with Crippen LogP contribution in [0, 0.1) is 22.6 Å². The van der Waals surface area contributed by atoms with Gasteiger partial charge in [-0.05, 0) is 43.7 Å². The summed E-state index contributed by atoms with van der Waals surface area (Å²) in [7, 11) is 0. The second-order valence-electron chi connectivity index (χ2n) is 6.15. The zero-order valence-corrected chi connectivity index (χ0v) is 15.4. The highest BCUT2D eigenvalue weighted by atomic mass is 19.1. The Morgan fingerprint density at radius 3 is 2.52 bits per heavy atom. The van der Waals surface area contributed by atoms with Crippen LogP contribution in [0.2, 0.25) is 0 Å². The van der Waals surface area contributed by atoms with Gasteiger partial charge in [-0.3, -0.25) is 0 Å². The number of aliphatic hydroxyl groups is 1. The Balaban J connectivity index is 2.82. The molecule has 0 unspecified atom stereocenters. The fourth-order valence-corrected chi connectivity index (χ4v) is 2.70. The second kappa shape index (κ2) is 10.7. The summed E-state index contributed by atoms with van der Waals surface area (Å²) in [5.74, 6) is 0.200. The zero-order valence-electron chi connectivity index (χ0n) is 15.4. The van der Waals surface area contributed by atoms with Crippen molar-refractivity contribution in [3.8, 4) is 6.07 Å². The average Bonchev–Trinajstić information content (AvgIpc) is 2.63. The van der Waals surface area contributed by atoms with Gasteiger partial charge in [0.1, 0.15) is 5.82 Å². The first kappa shape index (κ1) is 20.9. The van der Waals surface area contributed by atoms with Crippen LogP contribution in [0.4, 0.5) is 4.39 Å². The van der Waals surface area contributed by atoms with Gasteiger partial charge in [-0.1, -0.05) is 19.9 Å². The molecule has 0 fully saturated rings.